The summed E-state index contributed by atoms with van der Waals surface area (Å²) in [6.07, 6.45) is 1.95. The summed E-state index contributed by atoms with van der Waals surface area (Å²) in [7, 11) is -0.869. The van der Waals surface area contributed by atoms with E-state index in [0.717, 1.165) is 21.8 Å². The summed E-state index contributed by atoms with van der Waals surface area (Å²) in [4.78, 5) is 4.56. The van der Waals surface area contributed by atoms with E-state index in [9.17, 15) is 9.67 Å². The molecule has 0 radical (unpaired) electrons. The third-order valence-corrected chi connectivity index (χ3v) is 9.18. The molecule has 0 aliphatic rings. The first kappa shape index (κ1) is 19.0. The Morgan fingerprint density at radius 3 is 2.46 bits per heavy atom. The van der Waals surface area contributed by atoms with Crippen molar-refractivity contribution in [1.82, 2.24) is 4.98 Å². The number of nitrogens with zero attached hydrogens (tertiary/aromatic N) is 1. The van der Waals surface area contributed by atoms with Crippen LogP contribution >= 0.6 is 18.5 Å². The monoisotopic (exact) mass is 367 g/mol. The van der Waals surface area contributed by atoms with E-state index in [2.05, 4.69) is 4.98 Å². The highest BCUT2D eigenvalue weighted by Gasteiger charge is 2.32. The maximum atomic E-state index is 13.5. The Kier molecular flexibility index (Phi) is 6.11. The van der Waals surface area contributed by atoms with Gasteiger partial charge in [0.05, 0.1) is 25.0 Å². The molecule has 1 N–H and O–H groups in total. The number of benzene rings is 1. The smallest absolute Gasteiger partial charge is 0.161 e. The molecule has 1 atom stereocenters. The van der Waals surface area contributed by atoms with Gasteiger partial charge in [-0.3, -0.25) is 0 Å². The zero-order valence-electron chi connectivity index (χ0n) is 15.0. The lowest BCUT2D eigenvalue weighted by Crippen LogP contribution is -2.09. The summed E-state index contributed by atoms with van der Waals surface area (Å²) in [5.41, 5.74) is 2.57. The van der Waals surface area contributed by atoms with Crippen molar-refractivity contribution in [3.63, 3.8) is 0 Å². The Morgan fingerprint density at radius 1 is 1.29 bits per heavy atom. The fraction of sp³-hybridized carbons (Fsp3) is 0.500. The van der Waals surface area contributed by atoms with E-state index >= 15 is 0 Å². The van der Waals surface area contributed by atoms with Crippen molar-refractivity contribution in [2.45, 2.75) is 39.8 Å². The molecule has 1 aromatic heterocycles. The van der Waals surface area contributed by atoms with Crippen LogP contribution in [0, 0.1) is 13.8 Å². The molecule has 24 heavy (non-hydrogen) atoms. The zero-order chi connectivity index (χ0) is 17.9. The van der Waals surface area contributed by atoms with Crippen LogP contribution in [0.4, 0.5) is 0 Å². The van der Waals surface area contributed by atoms with Crippen molar-refractivity contribution in [3.8, 4) is 11.5 Å². The maximum absolute atomic E-state index is 13.5. The largest absolute Gasteiger partial charge is 0.504 e. The molecule has 0 saturated heterocycles. The van der Waals surface area contributed by atoms with Gasteiger partial charge in [0, 0.05) is 17.5 Å². The van der Waals surface area contributed by atoms with Crippen LogP contribution in [0.1, 0.15) is 41.3 Å². The highest BCUT2D eigenvalue weighted by molar-refractivity contribution is 7.64. The van der Waals surface area contributed by atoms with E-state index < -0.39 is 7.14 Å². The Labute approximate surface area is 148 Å². The van der Waals surface area contributed by atoms with Crippen LogP contribution in [-0.4, -0.2) is 29.5 Å². The number of thiazole rings is 1. The van der Waals surface area contributed by atoms with Crippen molar-refractivity contribution in [1.29, 1.82) is 0 Å². The van der Waals surface area contributed by atoms with Crippen molar-refractivity contribution in [2.75, 3.05) is 19.4 Å². The summed E-state index contributed by atoms with van der Waals surface area (Å²) in [6.45, 7) is 7.81. The molecule has 0 spiro atoms. The first-order chi connectivity index (χ1) is 11.3. The molecule has 0 saturated carbocycles. The van der Waals surface area contributed by atoms with Crippen molar-refractivity contribution in [3.05, 3.63) is 39.3 Å². The third-order valence-electron chi connectivity index (χ3n) is 4.60. The zero-order valence-corrected chi connectivity index (χ0v) is 16.7. The van der Waals surface area contributed by atoms with Crippen LogP contribution in [-0.2, 0) is 11.0 Å². The number of rotatable bonds is 7. The number of aryl methyl sites for hydroxylation is 2. The molecule has 1 unspecified atom stereocenters. The predicted molar refractivity (Wildman–Crippen MR) is 101 cm³/mol. The summed E-state index contributed by atoms with van der Waals surface area (Å²) >= 11 is 1.62. The molecule has 0 amide bonds. The second-order valence-electron chi connectivity index (χ2n) is 6.05. The van der Waals surface area contributed by atoms with Gasteiger partial charge in [-0.2, -0.15) is 0 Å². The lowest BCUT2D eigenvalue weighted by Gasteiger charge is -2.27. The minimum absolute atomic E-state index is 0.109. The minimum atomic E-state index is -2.41. The summed E-state index contributed by atoms with van der Waals surface area (Å²) in [6, 6.07) is 3.75. The molecular weight excluding hydrogens is 341 g/mol. The van der Waals surface area contributed by atoms with Gasteiger partial charge in [0.25, 0.3) is 0 Å². The van der Waals surface area contributed by atoms with E-state index in [1.165, 1.54) is 7.11 Å². The molecule has 4 nitrogen and oxygen atoms in total. The maximum Gasteiger partial charge on any atom is 0.161 e. The number of aromatic hydroxyl groups is 1. The molecule has 1 aromatic carbocycles. The van der Waals surface area contributed by atoms with Gasteiger partial charge in [0.1, 0.15) is 0 Å². The van der Waals surface area contributed by atoms with Crippen LogP contribution < -0.4 is 4.74 Å². The fourth-order valence-corrected chi connectivity index (χ4v) is 6.21. The van der Waals surface area contributed by atoms with E-state index in [0.29, 0.717) is 24.5 Å². The average Bonchev–Trinajstić information content (AvgIpc) is 2.99. The SMILES string of the molecule is CCP(=O)(CC)C(Cc1csc(C)n1)c1cc(C)c(O)c(OC)c1. The Hall–Kier alpha value is -1.32. The van der Waals surface area contributed by atoms with E-state index in [-0.39, 0.29) is 11.4 Å². The Morgan fingerprint density at radius 2 is 1.96 bits per heavy atom. The topological polar surface area (TPSA) is 59.4 Å². The van der Waals surface area contributed by atoms with Gasteiger partial charge >= 0.3 is 0 Å². The second kappa shape index (κ2) is 7.71. The van der Waals surface area contributed by atoms with E-state index in [1.807, 2.05) is 45.2 Å². The van der Waals surface area contributed by atoms with Crippen LogP contribution in [0.25, 0.3) is 0 Å². The first-order valence-corrected chi connectivity index (χ1v) is 11.2. The molecule has 0 aliphatic heterocycles. The number of phenols is 1. The van der Waals surface area contributed by atoms with Crippen LogP contribution in [0.3, 0.4) is 0 Å². The van der Waals surface area contributed by atoms with Crippen LogP contribution in [0.5, 0.6) is 11.5 Å². The fourth-order valence-electron chi connectivity index (χ4n) is 3.04. The quantitative estimate of drug-likeness (QED) is 0.687. The standard InChI is InChI=1S/C18H26NO3PS/c1-6-23(21,7-2)17(10-15-11-24-13(4)19-15)14-8-12(3)18(20)16(9-14)22-5/h8-9,11,17,20H,6-7,10H2,1-5H3. The number of hydrogen-bond acceptors (Lipinski definition) is 5. The van der Waals surface area contributed by atoms with Crippen molar-refractivity contribution < 1.29 is 14.4 Å². The molecule has 132 valence electrons. The van der Waals surface area contributed by atoms with Gasteiger partial charge in [0.15, 0.2) is 11.5 Å². The third kappa shape index (κ3) is 3.84. The van der Waals surface area contributed by atoms with Gasteiger partial charge in [-0.05, 0) is 43.4 Å². The van der Waals surface area contributed by atoms with E-state index in [1.54, 1.807) is 11.3 Å². The molecule has 0 fully saturated rings. The number of methoxy groups -OCH3 is 1. The van der Waals surface area contributed by atoms with Gasteiger partial charge in [0.2, 0.25) is 0 Å². The van der Waals surface area contributed by atoms with Gasteiger partial charge in [-0.1, -0.05) is 19.9 Å². The molecule has 1 heterocycles. The van der Waals surface area contributed by atoms with Gasteiger partial charge in [-0.15, -0.1) is 11.3 Å². The second-order valence-corrected chi connectivity index (χ2v) is 10.9. The number of ether oxygens (including phenoxy) is 1. The average molecular weight is 367 g/mol. The summed E-state index contributed by atoms with van der Waals surface area (Å²) < 4.78 is 18.8. The highest BCUT2D eigenvalue weighted by Crippen LogP contribution is 2.60. The van der Waals surface area contributed by atoms with Crippen LogP contribution in [0.15, 0.2) is 17.5 Å². The number of phenolic OH excluding ortho intramolecular Hbond substituents is 1. The predicted octanol–water partition coefficient (Wildman–Crippen LogP) is 5.16. The number of hydrogen-bond donors (Lipinski definition) is 1. The molecule has 0 bridgehead atoms. The lowest BCUT2D eigenvalue weighted by atomic mass is 10.0. The highest BCUT2D eigenvalue weighted by atomic mass is 32.1. The minimum Gasteiger partial charge on any atom is -0.504 e. The molecule has 2 rings (SSSR count). The van der Waals surface area contributed by atoms with Crippen molar-refractivity contribution >= 4 is 18.5 Å². The Bertz CT molecular complexity index is 749. The van der Waals surface area contributed by atoms with Gasteiger partial charge < -0.3 is 14.4 Å². The summed E-state index contributed by atoms with van der Waals surface area (Å²) in [5.74, 6) is 0.579. The molecule has 0 aliphatic carbocycles. The number of aromatic nitrogens is 1. The molecule has 6 heteroatoms. The first-order valence-electron chi connectivity index (χ1n) is 8.20. The van der Waals surface area contributed by atoms with Crippen molar-refractivity contribution in [2.24, 2.45) is 0 Å². The van der Waals surface area contributed by atoms with Gasteiger partial charge in [-0.25, -0.2) is 4.98 Å². The summed E-state index contributed by atoms with van der Waals surface area (Å²) in [5, 5.41) is 13.2. The normalized spacial score (nSPS) is 13.0. The van der Waals surface area contributed by atoms with E-state index in [4.69, 9.17) is 4.74 Å². The molecular formula is C18H26NO3PS. The van der Waals surface area contributed by atoms with Crippen LogP contribution in [0.2, 0.25) is 0 Å². The molecule has 2 aromatic rings. The lowest BCUT2D eigenvalue weighted by molar-refractivity contribution is 0.371. The Balaban J connectivity index is 2.53.